The van der Waals surface area contributed by atoms with Crippen molar-refractivity contribution in [2.75, 3.05) is 0 Å². The van der Waals surface area contributed by atoms with Crippen LogP contribution in [-0.4, -0.2) is 20.2 Å². The van der Waals surface area contributed by atoms with E-state index < -0.39 is 15.9 Å². The number of rotatable bonds is 8. The highest BCUT2D eigenvalue weighted by molar-refractivity contribution is 7.90. The lowest BCUT2D eigenvalue weighted by Gasteiger charge is -2.11. The number of carbonyl (C=O) groups excluding carboxylic acids is 2. The molecule has 2 N–H and O–H groups in total. The number of carbonyl (C=O) groups is 2. The molecule has 0 radical (unpaired) electrons. The predicted octanol–water partition coefficient (Wildman–Crippen LogP) is 1.95. The van der Waals surface area contributed by atoms with Crippen LogP contribution in [0.4, 0.5) is 0 Å². The maximum Gasteiger partial charge on any atom is 0.264 e. The number of benzene rings is 1. The van der Waals surface area contributed by atoms with Gasteiger partial charge in [0.15, 0.2) is 0 Å². The molecule has 0 aromatic heterocycles. The summed E-state index contributed by atoms with van der Waals surface area (Å²) in [5, 5.41) is 2.63. The van der Waals surface area contributed by atoms with Crippen LogP contribution in [0.5, 0.6) is 0 Å². The molecule has 1 unspecified atom stereocenters. The van der Waals surface area contributed by atoms with Crippen molar-refractivity contribution in [1.29, 1.82) is 0 Å². The van der Waals surface area contributed by atoms with Crippen molar-refractivity contribution in [2.45, 2.75) is 51.5 Å². The SMILES string of the molecule is CCCC(C)CC(=O)NS(=O)(=O)c1ccc(CNC(C)=O)cc1. The first-order valence-corrected chi connectivity index (χ1v) is 9.12. The molecule has 1 aromatic carbocycles. The van der Waals surface area contributed by atoms with E-state index in [1.54, 1.807) is 12.1 Å². The van der Waals surface area contributed by atoms with Crippen molar-refractivity contribution in [3.8, 4) is 0 Å². The van der Waals surface area contributed by atoms with Crippen LogP contribution >= 0.6 is 0 Å². The van der Waals surface area contributed by atoms with E-state index in [2.05, 4.69) is 10.0 Å². The maximum absolute atomic E-state index is 12.2. The molecule has 128 valence electrons. The van der Waals surface area contributed by atoms with Gasteiger partial charge in [-0.3, -0.25) is 9.59 Å². The van der Waals surface area contributed by atoms with Crippen molar-refractivity contribution in [2.24, 2.45) is 5.92 Å². The number of nitrogens with one attached hydrogen (secondary N) is 2. The van der Waals surface area contributed by atoms with E-state index in [0.29, 0.717) is 6.54 Å². The lowest BCUT2D eigenvalue weighted by Crippen LogP contribution is -2.31. The second-order valence-electron chi connectivity index (χ2n) is 5.68. The summed E-state index contributed by atoms with van der Waals surface area (Å²) in [4.78, 5) is 22.7. The highest BCUT2D eigenvalue weighted by atomic mass is 32.2. The molecule has 1 rings (SSSR count). The van der Waals surface area contributed by atoms with Crippen LogP contribution < -0.4 is 10.0 Å². The highest BCUT2D eigenvalue weighted by Crippen LogP contribution is 2.13. The fourth-order valence-electron chi connectivity index (χ4n) is 2.17. The smallest absolute Gasteiger partial charge is 0.264 e. The monoisotopic (exact) mass is 340 g/mol. The second kappa shape index (κ2) is 8.67. The van der Waals surface area contributed by atoms with Crippen molar-refractivity contribution in [3.05, 3.63) is 29.8 Å². The molecule has 0 aliphatic rings. The quantitative estimate of drug-likeness (QED) is 0.756. The van der Waals surface area contributed by atoms with E-state index >= 15 is 0 Å². The normalized spacial score (nSPS) is 12.5. The zero-order valence-electron chi connectivity index (χ0n) is 13.8. The Morgan fingerprint density at radius 3 is 2.30 bits per heavy atom. The van der Waals surface area contributed by atoms with E-state index in [1.807, 2.05) is 13.8 Å². The number of sulfonamides is 1. The molecule has 0 saturated carbocycles. The summed E-state index contributed by atoms with van der Waals surface area (Å²) in [6.07, 6.45) is 2.02. The molecule has 0 spiro atoms. The molecule has 0 heterocycles. The van der Waals surface area contributed by atoms with Gasteiger partial charge < -0.3 is 5.32 Å². The lowest BCUT2D eigenvalue weighted by molar-refractivity contribution is -0.120. The topological polar surface area (TPSA) is 92.3 Å². The third kappa shape index (κ3) is 6.81. The summed E-state index contributed by atoms with van der Waals surface area (Å²) in [5.41, 5.74) is 0.780. The number of hydrogen-bond donors (Lipinski definition) is 2. The molecule has 2 amide bonds. The third-order valence-corrected chi connectivity index (χ3v) is 4.73. The minimum Gasteiger partial charge on any atom is -0.352 e. The van der Waals surface area contributed by atoms with Crippen LogP contribution in [0, 0.1) is 5.92 Å². The Kier molecular flexibility index (Phi) is 7.22. The van der Waals surface area contributed by atoms with E-state index in [-0.39, 0.29) is 23.1 Å². The minimum absolute atomic E-state index is 0.0283. The second-order valence-corrected chi connectivity index (χ2v) is 7.36. The molecule has 0 aliphatic heterocycles. The molecule has 6 nitrogen and oxygen atoms in total. The van der Waals surface area contributed by atoms with Gasteiger partial charge in [0.05, 0.1) is 4.90 Å². The van der Waals surface area contributed by atoms with Crippen molar-refractivity contribution >= 4 is 21.8 Å². The van der Waals surface area contributed by atoms with Gasteiger partial charge in [-0.2, -0.15) is 0 Å². The summed E-state index contributed by atoms with van der Waals surface area (Å²) in [5.74, 6) is -0.501. The maximum atomic E-state index is 12.2. The molecular formula is C16H24N2O4S. The van der Waals surface area contributed by atoms with Crippen LogP contribution in [0.3, 0.4) is 0 Å². The largest absolute Gasteiger partial charge is 0.352 e. The van der Waals surface area contributed by atoms with Gasteiger partial charge in [0, 0.05) is 19.9 Å². The van der Waals surface area contributed by atoms with Gasteiger partial charge in [0.1, 0.15) is 0 Å². The Balaban J connectivity index is 2.69. The molecule has 0 aliphatic carbocycles. The van der Waals surface area contributed by atoms with Crippen LogP contribution in [0.2, 0.25) is 0 Å². The summed E-state index contributed by atoms with van der Waals surface area (Å²) in [6.45, 7) is 5.69. The summed E-state index contributed by atoms with van der Waals surface area (Å²) in [6, 6.07) is 6.05. The average Bonchev–Trinajstić information content (AvgIpc) is 2.45. The Morgan fingerprint density at radius 1 is 1.17 bits per heavy atom. The van der Waals surface area contributed by atoms with E-state index in [4.69, 9.17) is 0 Å². The lowest BCUT2D eigenvalue weighted by atomic mass is 10.0. The number of amides is 2. The standard InChI is InChI=1S/C16H24N2O4S/c1-4-5-12(2)10-16(20)18-23(21,22)15-8-6-14(7-9-15)11-17-13(3)19/h6-9,12H,4-5,10-11H2,1-3H3,(H,17,19)(H,18,20). The molecule has 7 heteroatoms. The van der Waals surface area contributed by atoms with Crippen LogP contribution in [0.25, 0.3) is 0 Å². The fraction of sp³-hybridized carbons (Fsp3) is 0.500. The van der Waals surface area contributed by atoms with E-state index in [0.717, 1.165) is 18.4 Å². The van der Waals surface area contributed by atoms with Gasteiger partial charge in [0.25, 0.3) is 10.0 Å². The first-order valence-electron chi connectivity index (χ1n) is 7.63. The fourth-order valence-corrected chi connectivity index (χ4v) is 3.17. The molecule has 1 aromatic rings. The predicted molar refractivity (Wildman–Crippen MR) is 88.0 cm³/mol. The zero-order chi connectivity index (χ0) is 17.5. The van der Waals surface area contributed by atoms with Gasteiger partial charge in [-0.05, 0) is 23.6 Å². The summed E-state index contributed by atoms with van der Waals surface area (Å²) >= 11 is 0. The van der Waals surface area contributed by atoms with Crippen LogP contribution in [-0.2, 0) is 26.2 Å². The van der Waals surface area contributed by atoms with Crippen molar-refractivity contribution in [3.63, 3.8) is 0 Å². The average molecular weight is 340 g/mol. The van der Waals surface area contributed by atoms with Crippen molar-refractivity contribution < 1.29 is 18.0 Å². The van der Waals surface area contributed by atoms with Crippen LogP contribution in [0.1, 0.15) is 45.6 Å². The Bertz CT molecular complexity index is 639. The Morgan fingerprint density at radius 2 is 1.78 bits per heavy atom. The zero-order valence-corrected chi connectivity index (χ0v) is 14.6. The Labute approximate surface area is 137 Å². The van der Waals surface area contributed by atoms with Crippen molar-refractivity contribution in [1.82, 2.24) is 10.0 Å². The first-order chi connectivity index (χ1) is 10.7. The van der Waals surface area contributed by atoms with Gasteiger partial charge in [-0.1, -0.05) is 38.8 Å². The number of hydrogen-bond acceptors (Lipinski definition) is 4. The van der Waals surface area contributed by atoms with Gasteiger partial charge in [0.2, 0.25) is 11.8 Å². The van der Waals surface area contributed by atoms with E-state index in [1.165, 1.54) is 19.1 Å². The molecule has 0 bridgehead atoms. The van der Waals surface area contributed by atoms with Gasteiger partial charge in [-0.15, -0.1) is 0 Å². The van der Waals surface area contributed by atoms with Gasteiger partial charge >= 0.3 is 0 Å². The van der Waals surface area contributed by atoms with Crippen LogP contribution in [0.15, 0.2) is 29.2 Å². The highest BCUT2D eigenvalue weighted by Gasteiger charge is 2.18. The molecule has 0 saturated heterocycles. The Hall–Kier alpha value is -1.89. The molecular weight excluding hydrogens is 316 g/mol. The third-order valence-electron chi connectivity index (χ3n) is 3.34. The molecule has 0 fully saturated rings. The minimum atomic E-state index is -3.85. The van der Waals surface area contributed by atoms with Gasteiger partial charge in [-0.25, -0.2) is 13.1 Å². The first kappa shape index (κ1) is 19.2. The molecule has 1 atom stereocenters. The summed E-state index contributed by atoms with van der Waals surface area (Å²) < 4.78 is 26.4. The van der Waals surface area contributed by atoms with E-state index in [9.17, 15) is 18.0 Å². The molecule has 23 heavy (non-hydrogen) atoms. The summed E-state index contributed by atoms with van der Waals surface area (Å²) in [7, 11) is -3.85.